The molecule has 1 aliphatic rings. The smallest absolute Gasteiger partial charge is 0.344 e. The number of benzene rings is 1. The number of aliphatic hydroxyl groups is 1. The Hall–Kier alpha value is -1.83. The van der Waals surface area contributed by atoms with Crippen molar-refractivity contribution in [3.8, 4) is 11.8 Å². The molecule has 4 heteroatoms. The van der Waals surface area contributed by atoms with Gasteiger partial charge < -0.3 is 15.2 Å². The molecule has 1 saturated carbocycles. The molecule has 24 heavy (non-hydrogen) atoms. The number of carbonyl (C=O) groups excluding carboxylic acids is 1. The average molecular weight is 336 g/mol. The van der Waals surface area contributed by atoms with Gasteiger partial charge in [0.25, 0.3) is 0 Å². The predicted octanol–water partition coefficient (Wildman–Crippen LogP) is 2.61. The highest BCUT2D eigenvalue weighted by atomic mass is 16.5. The van der Waals surface area contributed by atoms with E-state index in [1.54, 1.807) is 35.6 Å². The Morgan fingerprint density at radius 1 is 1.38 bits per heavy atom. The number of ether oxygens (including phenoxy) is 1. The van der Waals surface area contributed by atoms with Gasteiger partial charge in [0, 0.05) is 12.8 Å². The Kier molecular flexibility index (Phi) is 4.30. The lowest BCUT2D eigenvalue weighted by Gasteiger charge is -2.36. The van der Waals surface area contributed by atoms with Crippen LogP contribution in [0, 0.1) is 17.8 Å². The zero-order valence-electron chi connectivity index (χ0n) is 20.5. The van der Waals surface area contributed by atoms with Crippen molar-refractivity contribution in [3.05, 3.63) is 35.9 Å². The highest BCUT2D eigenvalue weighted by molar-refractivity contribution is 5.81. The Balaban J connectivity index is 2.11. The summed E-state index contributed by atoms with van der Waals surface area (Å²) in [7, 11) is 0. The van der Waals surface area contributed by atoms with E-state index in [0.29, 0.717) is 18.4 Å². The second-order valence-corrected chi connectivity index (χ2v) is 5.72. The molecule has 1 atom stereocenters. The minimum atomic E-state index is -3.10. The van der Waals surface area contributed by atoms with Crippen molar-refractivity contribution in [2.45, 2.75) is 44.6 Å². The van der Waals surface area contributed by atoms with E-state index in [1.165, 1.54) is 0 Å². The second kappa shape index (κ2) is 9.46. The van der Waals surface area contributed by atoms with Crippen LogP contribution in [0.25, 0.3) is 0 Å². The monoisotopic (exact) mass is 336 g/mol. The van der Waals surface area contributed by atoms with Gasteiger partial charge in [-0.2, -0.15) is 0 Å². The van der Waals surface area contributed by atoms with Crippen LogP contribution in [0.3, 0.4) is 0 Å². The molecule has 0 amide bonds. The van der Waals surface area contributed by atoms with Gasteiger partial charge in [-0.15, -0.1) is 0 Å². The Morgan fingerprint density at radius 3 is 2.83 bits per heavy atom. The molecule has 0 spiro atoms. The molecule has 0 radical (unpaired) electrons. The third-order valence-corrected chi connectivity index (χ3v) is 4.27. The Bertz CT molecular complexity index is 812. The summed E-state index contributed by atoms with van der Waals surface area (Å²) in [5.74, 6) is 3.10. The molecular weight excluding hydrogens is 302 g/mol. The third-order valence-electron chi connectivity index (χ3n) is 4.27. The van der Waals surface area contributed by atoms with Crippen molar-refractivity contribution in [2.24, 2.45) is 5.92 Å². The van der Waals surface area contributed by atoms with Crippen molar-refractivity contribution < 1.29 is 24.2 Å². The molecule has 1 aromatic rings. The van der Waals surface area contributed by atoms with Gasteiger partial charge in [-0.3, -0.25) is 0 Å². The number of rotatable bonds is 6. The molecule has 1 aromatic carbocycles. The third kappa shape index (κ3) is 4.59. The first-order valence-corrected chi connectivity index (χ1v) is 8.04. The van der Waals surface area contributed by atoms with Crippen molar-refractivity contribution in [1.82, 2.24) is 5.32 Å². The van der Waals surface area contributed by atoms with Crippen LogP contribution in [0.15, 0.2) is 30.3 Å². The minimum absolute atomic E-state index is 0.316. The summed E-state index contributed by atoms with van der Waals surface area (Å²) in [6.45, 7) is -9.32. The quantitative estimate of drug-likeness (QED) is 0.619. The van der Waals surface area contributed by atoms with E-state index in [0.717, 1.165) is 19.3 Å². The molecule has 4 nitrogen and oxygen atoms in total. The van der Waals surface area contributed by atoms with Gasteiger partial charge in [-0.25, -0.2) is 4.79 Å². The van der Waals surface area contributed by atoms with E-state index >= 15 is 0 Å². The maximum absolute atomic E-state index is 12.9. The van der Waals surface area contributed by atoms with E-state index in [2.05, 4.69) is 5.92 Å². The van der Waals surface area contributed by atoms with E-state index < -0.39 is 38.0 Å². The first kappa shape index (κ1) is 10.9. The molecule has 1 unspecified atom stereocenters. The largest absolute Gasteiger partial charge is 0.450 e. The maximum atomic E-state index is 12.9. The van der Waals surface area contributed by atoms with Crippen molar-refractivity contribution in [1.29, 1.82) is 0 Å². The van der Waals surface area contributed by atoms with Crippen LogP contribution in [-0.2, 0) is 15.1 Å². The van der Waals surface area contributed by atoms with Crippen LogP contribution in [0.2, 0.25) is 0 Å². The predicted molar refractivity (Wildman–Crippen MR) is 94.2 cm³/mol. The fourth-order valence-corrected chi connectivity index (χ4v) is 3.09. The van der Waals surface area contributed by atoms with Crippen LogP contribution >= 0.6 is 0 Å². The van der Waals surface area contributed by atoms with Gasteiger partial charge in [0.15, 0.2) is 12.2 Å². The first-order chi connectivity index (χ1) is 14.3. The van der Waals surface area contributed by atoms with E-state index in [1.807, 2.05) is 5.92 Å². The Morgan fingerprint density at radius 2 is 2.12 bits per heavy atom. The summed E-state index contributed by atoms with van der Waals surface area (Å²) in [6.07, 6.45) is 4.16. The molecule has 0 saturated heterocycles. The average Bonchev–Trinajstić information content (AvgIpc) is 2.70. The SMILES string of the molecule is [2H]C([2H])(C#CCOC(=O)C(O)(c1ccccc1)C1CCCCC1)NC([2H])([2H])C([2H])([2H])[2H]. The first-order valence-electron chi connectivity index (χ1n) is 11.5. The molecular formula is C20H27NO3. The molecule has 1 aliphatic carbocycles. The molecule has 130 valence electrons. The van der Waals surface area contributed by atoms with Crippen LogP contribution < -0.4 is 5.32 Å². The fourth-order valence-electron chi connectivity index (χ4n) is 3.09. The summed E-state index contributed by atoms with van der Waals surface area (Å²) in [5.41, 5.74) is -1.43. The Labute approximate surface area is 154 Å². The zero-order chi connectivity index (χ0) is 23.3. The summed E-state index contributed by atoms with van der Waals surface area (Å²) in [5, 5.41) is 13.1. The number of nitrogens with one attached hydrogen (secondary N) is 1. The van der Waals surface area contributed by atoms with Gasteiger partial charge in [0.1, 0.15) is 0 Å². The van der Waals surface area contributed by atoms with Crippen LogP contribution in [0.1, 0.15) is 54.1 Å². The normalized spacial score (nSPS) is 23.5. The molecule has 0 aromatic heterocycles. The number of hydrogen-bond acceptors (Lipinski definition) is 4. The van der Waals surface area contributed by atoms with Crippen LogP contribution in [0.4, 0.5) is 0 Å². The number of hydrogen-bond donors (Lipinski definition) is 2. The zero-order valence-corrected chi connectivity index (χ0v) is 13.5. The van der Waals surface area contributed by atoms with Gasteiger partial charge in [0.05, 0.1) is 9.24 Å². The molecule has 0 bridgehead atoms. The lowest BCUT2D eigenvalue weighted by Crippen LogP contribution is -2.45. The summed E-state index contributed by atoms with van der Waals surface area (Å²) in [6, 6.07) is 8.52. The van der Waals surface area contributed by atoms with Gasteiger partial charge >= 0.3 is 5.97 Å². The van der Waals surface area contributed by atoms with Gasteiger partial charge in [-0.05, 0) is 24.9 Å². The highest BCUT2D eigenvalue weighted by Gasteiger charge is 2.46. The summed E-state index contributed by atoms with van der Waals surface area (Å²) in [4.78, 5) is 12.9. The van der Waals surface area contributed by atoms with Crippen molar-refractivity contribution in [2.75, 3.05) is 19.6 Å². The highest BCUT2D eigenvalue weighted by Crippen LogP contribution is 2.40. The van der Waals surface area contributed by atoms with E-state index in [4.69, 9.17) is 14.3 Å². The van der Waals surface area contributed by atoms with Crippen molar-refractivity contribution in [3.63, 3.8) is 0 Å². The molecule has 2 N–H and O–H groups in total. The lowest BCUT2D eigenvalue weighted by atomic mass is 9.73. The standard InChI is InChI=1S/C20H27NO3/c1-2-21-15-9-10-16-24-19(22)20(23,17-11-5-3-6-12-17)18-13-7-4-8-14-18/h3,5-6,11-12,18,21,23H,2,4,7-8,13-16H2,1H3/i1D3,2D2,15D2. The number of esters is 1. The summed E-state index contributed by atoms with van der Waals surface area (Å²) >= 11 is 0. The van der Waals surface area contributed by atoms with Crippen LogP contribution in [-0.4, -0.2) is 30.7 Å². The van der Waals surface area contributed by atoms with Gasteiger partial charge in [-0.1, -0.05) is 68.3 Å². The second-order valence-electron chi connectivity index (χ2n) is 5.72. The lowest BCUT2D eigenvalue weighted by molar-refractivity contribution is -0.174. The fraction of sp³-hybridized carbons (Fsp3) is 0.550. The topological polar surface area (TPSA) is 58.6 Å². The number of carbonyl (C=O) groups is 1. The molecule has 0 aliphatic heterocycles. The summed E-state index contributed by atoms with van der Waals surface area (Å²) < 4.78 is 56.7. The van der Waals surface area contributed by atoms with Crippen molar-refractivity contribution >= 4 is 5.97 Å². The van der Waals surface area contributed by atoms with E-state index in [-0.39, 0.29) is 5.92 Å². The maximum Gasteiger partial charge on any atom is 0.344 e. The molecule has 1 fully saturated rings. The molecule has 0 heterocycles. The van der Waals surface area contributed by atoms with E-state index in [9.17, 15) is 9.90 Å². The van der Waals surface area contributed by atoms with Crippen LogP contribution in [0.5, 0.6) is 0 Å². The minimum Gasteiger partial charge on any atom is -0.450 e. The molecule has 2 rings (SSSR count). The van der Waals surface area contributed by atoms with Gasteiger partial charge in [0.2, 0.25) is 0 Å².